The fourth-order valence-corrected chi connectivity index (χ4v) is 1.67. The minimum atomic E-state index is 0.352. The number of hydrogen-bond acceptors (Lipinski definition) is 2. The quantitative estimate of drug-likeness (QED) is 0.783. The molecule has 1 saturated carbocycles. The van der Waals surface area contributed by atoms with Crippen LogP contribution in [0.5, 0.6) is 5.75 Å². The van der Waals surface area contributed by atoms with Crippen molar-refractivity contribution in [1.82, 2.24) is 0 Å². The van der Waals surface area contributed by atoms with Gasteiger partial charge in [-0.1, -0.05) is 6.07 Å². The molecule has 0 aromatic heterocycles. The van der Waals surface area contributed by atoms with Crippen LogP contribution in [0.3, 0.4) is 0 Å². The largest absolute Gasteiger partial charge is 0.489 e. The molecule has 1 fully saturated rings. The van der Waals surface area contributed by atoms with E-state index in [1.165, 1.54) is 0 Å². The van der Waals surface area contributed by atoms with Crippen LogP contribution >= 0.6 is 22.6 Å². The van der Waals surface area contributed by atoms with Crippen LogP contribution in [0.1, 0.15) is 18.4 Å². The van der Waals surface area contributed by atoms with Crippen molar-refractivity contribution in [2.75, 3.05) is 0 Å². The highest BCUT2D eigenvalue weighted by Crippen LogP contribution is 2.30. The summed E-state index contributed by atoms with van der Waals surface area (Å²) in [5, 5.41) is 8.90. The number of halogens is 1. The number of nitrogens with zero attached hydrogens (tertiary/aromatic N) is 1. The molecule has 1 aromatic carbocycles. The summed E-state index contributed by atoms with van der Waals surface area (Å²) in [6, 6.07) is 7.86. The van der Waals surface area contributed by atoms with E-state index in [0.29, 0.717) is 11.7 Å². The zero-order chi connectivity index (χ0) is 9.26. The van der Waals surface area contributed by atoms with Gasteiger partial charge in [0.15, 0.2) is 0 Å². The molecule has 0 aliphatic heterocycles. The fourth-order valence-electron chi connectivity index (χ4n) is 1.08. The Kier molecular flexibility index (Phi) is 2.40. The van der Waals surface area contributed by atoms with Crippen LogP contribution < -0.4 is 4.74 Å². The van der Waals surface area contributed by atoms with E-state index >= 15 is 0 Å². The Labute approximate surface area is 90.7 Å². The van der Waals surface area contributed by atoms with Gasteiger partial charge < -0.3 is 4.74 Å². The van der Waals surface area contributed by atoms with Gasteiger partial charge >= 0.3 is 0 Å². The smallest absolute Gasteiger partial charge is 0.138 e. The average Bonchev–Trinajstić information content (AvgIpc) is 2.89. The lowest BCUT2D eigenvalue weighted by Gasteiger charge is -2.06. The van der Waals surface area contributed by atoms with E-state index in [4.69, 9.17) is 10.00 Å². The molecule has 0 saturated heterocycles. The molecule has 0 atom stereocenters. The van der Waals surface area contributed by atoms with E-state index in [1.807, 2.05) is 18.2 Å². The molecule has 0 bridgehead atoms. The average molecular weight is 285 g/mol. The second-order valence-corrected chi connectivity index (χ2v) is 4.20. The Morgan fingerprint density at radius 2 is 2.23 bits per heavy atom. The molecule has 2 nitrogen and oxygen atoms in total. The van der Waals surface area contributed by atoms with Gasteiger partial charge in [-0.25, -0.2) is 0 Å². The van der Waals surface area contributed by atoms with Gasteiger partial charge in [-0.05, 0) is 47.6 Å². The molecule has 0 N–H and O–H groups in total. The third-order valence-electron chi connectivity index (χ3n) is 1.91. The Morgan fingerprint density at radius 1 is 1.46 bits per heavy atom. The standard InChI is InChI=1S/C10H8INO/c11-9-2-1-3-10(8(9)6-12)13-7-4-5-7/h1-3,7H,4-5H2. The first kappa shape index (κ1) is 8.82. The van der Waals surface area contributed by atoms with E-state index in [2.05, 4.69) is 28.7 Å². The van der Waals surface area contributed by atoms with Crippen LogP contribution in [0.4, 0.5) is 0 Å². The lowest BCUT2D eigenvalue weighted by Crippen LogP contribution is -1.98. The van der Waals surface area contributed by atoms with Gasteiger partial charge in [0.2, 0.25) is 0 Å². The molecular formula is C10H8INO. The van der Waals surface area contributed by atoms with Crippen LogP contribution in [0.25, 0.3) is 0 Å². The Bertz CT molecular complexity index is 366. The molecule has 0 heterocycles. The molecule has 0 amide bonds. The highest BCUT2D eigenvalue weighted by Gasteiger charge is 2.24. The van der Waals surface area contributed by atoms with Gasteiger partial charge in [0.05, 0.1) is 6.10 Å². The van der Waals surface area contributed by atoms with E-state index in [0.717, 1.165) is 22.2 Å². The van der Waals surface area contributed by atoms with Gasteiger partial charge in [-0.3, -0.25) is 0 Å². The number of hydrogen-bond donors (Lipinski definition) is 0. The predicted molar refractivity (Wildman–Crippen MR) is 57.5 cm³/mol. The van der Waals surface area contributed by atoms with E-state index < -0.39 is 0 Å². The first-order valence-corrected chi connectivity index (χ1v) is 5.24. The lowest BCUT2D eigenvalue weighted by molar-refractivity contribution is 0.302. The molecule has 1 aromatic rings. The van der Waals surface area contributed by atoms with Crippen LogP contribution in [0, 0.1) is 14.9 Å². The number of rotatable bonds is 2. The van der Waals surface area contributed by atoms with Crippen LogP contribution in [0.2, 0.25) is 0 Å². The Morgan fingerprint density at radius 3 is 2.85 bits per heavy atom. The number of ether oxygens (including phenoxy) is 1. The Balaban J connectivity index is 2.32. The van der Waals surface area contributed by atoms with Gasteiger partial charge in [-0.2, -0.15) is 5.26 Å². The minimum Gasteiger partial charge on any atom is -0.489 e. The number of benzene rings is 1. The van der Waals surface area contributed by atoms with Crippen molar-refractivity contribution in [1.29, 1.82) is 5.26 Å². The maximum Gasteiger partial charge on any atom is 0.138 e. The number of nitriles is 1. The summed E-state index contributed by atoms with van der Waals surface area (Å²) in [5.74, 6) is 0.733. The molecule has 3 heteroatoms. The SMILES string of the molecule is N#Cc1c(I)cccc1OC1CC1. The van der Waals surface area contributed by atoms with E-state index in [-0.39, 0.29) is 0 Å². The molecule has 0 radical (unpaired) electrons. The maximum atomic E-state index is 8.90. The zero-order valence-electron chi connectivity index (χ0n) is 6.96. The highest BCUT2D eigenvalue weighted by molar-refractivity contribution is 14.1. The second kappa shape index (κ2) is 3.54. The minimum absolute atomic E-state index is 0.352. The summed E-state index contributed by atoms with van der Waals surface area (Å²) < 4.78 is 6.56. The summed E-state index contributed by atoms with van der Waals surface area (Å²) in [4.78, 5) is 0. The van der Waals surface area contributed by atoms with Crippen LogP contribution in [-0.4, -0.2) is 6.10 Å². The second-order valence-electron chi connectivity index (χ2n) is 3.04. The molecule has 2 rings (SSSR count). The Hall–Kier alpha value is -0.760. The van der Waals surface area contributed by atoms with Crippen molar-refractivity contribution in [3.63, 3.8) is 0 Å². The molecule has 0 spiro atoms. The van der Waals surface area contributed by atoms with Crippen LogP contribution in [-0.2, 0) is 0 Å². The molecule has 1 aliphatic carbocycles. The van der Waals surface area contributed by atoms with Crippen molar-refractivity contribution in [3.05, 3.63) is 27.3 Å². The third-order valence-corrected chi connectivity index (χ3v) is 2.80. The summed E-state index contributed by atoms with van der Waals surface area (Å²) in [5.41, 5.74) is 0.662. The van der Waals surface area contributed by atoms with Crippen LogP contribution in [0.15, 0.2) is 18.2 Å². The highest BCUT2D eigenvalue weighted by atomic mass is 127. The zero-order valence-corrected chi connectivity index (χ0v) is 9.11. The summed E-state index contributed by atoms with van der Waals surface area (Å²) in [7, 11) is 0. The molecular weight excluding hydrogens is 277 g/mol. The third kappa shape index (κ3) is 1.94. The monoisotopic (exact) mass is 285 g/mol. The molecule has 13 heavy (non-hydrogen) atoms. The summed E-state index contributed by atoms with van der Waals surface area (Å²) in [6.45, 7) is 0. The first-order chi connectivity index (χ1) is 6.31. The summed E-state index contributed by atoms with van der Waals surface area (Å²) in [6.07, 6.45) is 2.59. The van der Waals surface area contributed by atoms with E-state index in [1.54, 1.807) is 0 Å². The van der Waals surface area contributed by atoms with Gasteiger partial charge in [0, 0.05) is 3.57 Å². The molecule has 0 unspecified atom stereocenters. The predicted octanol–water partition coefficient (Wildman–Crippen LogP) is 2.70. The van der Waals surface area contributed by atoms with Crippen molar-refractivity contribution in [2.24, 2.45) is 0 Å². The first-order valence-electron chi connectivity index (χ1n) is 4.16. The topological polar surface area (TPSA) is 33.0 Å². The fraction of sp³-hybridized carbons (Fsp3) is 0.300. The van der Waals surface area contributed by atoms with Crippen molar-refractivity contribution < 1.29 is 4.74 Å². The van der Waals surface area contributed by atoms with Gasteiger partial charge in [0.25, 0.3) is 0 Å². The van der Waals surface area contributed by atoms with Gasteiger partial charge in [0.1, 0.15) is 17.4 Å². The van der Waals surface area contributed by atoms with Gasteiger partial charge in [-0.15, -0.1) is 0 Å². The maximum absolute atomic E-state index is 8.90. The molecule has 1 aliphatic rings. The normalized spacial score (nSPS) is 15.1. The molecule has 66 valence electrons. The summed E-state index contributed by atoms with van der Waals surface area (Å²) >= 11 is 2.15. The van der Waals surface area contributed by atoms with Crippen molar-refractivity contribution >= 4 is 22.6 Å². The van der Waals surface area contributed by atoms with Crippen molar-refractivity contribution in [2.45, 2.75) is 18.9 Å². The lowest BCUT2D eigenvalue weighted by atomic mass is 10.2. The van der Waals surface area contributed by atoms with Crippen molar-refractivity contribution in [3.8, 4) is 11.8 Å². The van der Waals surface area contributed by atoms with E-state index in [9.17, 15) is 0 Å².